The summed E-state index contributed by atoms with van der Waals surface area (Å²) in [7, 11) is 0. The Hall–Kier alpha value is -2.01. The maximum Gasteiger partial charge on any atom is 0.275 e. The van der Waals surface area contributed by atoms with Gasteiger partial charge in [0.1, 0.15) is 5.01 Å². The number of benzene rings is 1. The first-order valence-corrected chi connectivity index (χ1v) is 7.42. The molecule has 0 fully saturated rings. The van der Waals surface area contributed by atoms with E-state index in [1.165, 1.54) is 4.68 Å². The van der Waals surface area contributed by atoms with Gasteiger partial charge in [-0.1, -0.05) is 32.0 Å². The number of hydrogen-bond acceptors (Lipinski definition) is 4. The zero-order chi connectivity index (χ0) is 14.1. The molecule has 0 N–H and O–H groups in total. The summed E-state index contributed by atoms with van der Waals surface area (Å²) in [6.45, 7) is 4.65. The van der Waals surface area contributed by atoms with E-state index in [9.17, 15) is 4.79 Å². The molecular formula is C15H15N3OS. The van der Waals surface area contributed by atoms with Crippen molar-refractivity contribution in [2.75, 3.05) is 0 Å². The van der Waals surface area contributed by atoms with Crippen LogP contribution < -0.4 is 5.56 Å². The van der Waals surface area contributed by atoms with Crippen molar-refractivity contribution in [1.29, 1.82) is 0 Å². The molecule has 2 aromatic heterocycles. The molecule has 0 spiro atoms. The summed E-state index contributed by atoms with van der Waals surface area (Å²) >= 11 is 1.58. The normalized spacial score (nSPS) is 11.3. The van der Waals surface area contributed by atoms with Gasteiger partial charge in [0.05, 0.1) is 23.8 Å². The van der Waals surface area contributed by atoms with Gasteiger partial charge in [0, 0.05) is 10.8 Å². The average Bonchev–Trinajstić information content (AvgIpc) is 2.91. The molecule has 0 unspecified atom stereocenters. The number of hydrogen-bond donors (Lipinski definition) is 0. The van der Waals surface area contributed by atoms with Gasteiger partial charge in [-0.05, 0) is 12.0 Å². The summed E-state index contributed by atoms with van der Waals surface area (Å²) < 4.78 is 1.48. The molecule has 1 aromatic carbocycles. The molecule has 0 aliphatic carbocycles. The van der Waals surface area contributed by atoms with Crippen molar-refractivity contribution in [2.24, 2.45) is 0 Å². The van der Waals surface area contributed by atoms with Gasteiger partial charge in [0.25, 0.3) is 5.56 Å². The monoisotopic (exact) mass is 285 g/mol. The molecule has 3 aromatic rings. The smallest absolute Gasteiger partial charge is 0.267 e. The Morgan fingerprint density at radius 1 is 1.30 bits per heavy atom. The molecule has 0 aliphatic heterocycles. The number of nitrogens with zero attached hydrogens (tertiary/aromatic N) is 3. The predicted octanol–water partition coefficient (Wildman–Crippen LogP) is 3.02. The Morgan fingerprint density at radius 2 is 2.10 bits per heavy atom. The van der Waals surface area contributed by atoms with E-state index >= 15 is 0 Å². The molecule has 2 heterocycles. The van der Waals surface area contributed by atoms with Gasteiger partial charge < -0.3 is 0 Å². The molecule has 5 heteroatoms. The van der Waals surface area contributed by atoms with Crippen LogP contribution in [0, 0.1) is 0 Å². The second-order valence-corrected chi connectivity index (χ2v) is 5.96. The Bertz CT molecular complexity index is 804. The van der Waals surface area contributed by atoms with Crippen molar-refractivity contribution in [2.45, 2.75) is 26.3 Å². The number of thiazole rings is 1. The van der Waals surface area contributed by atoms with E-state index in [0.717, 1.165) is 16.1 Å². The minimum atomic E-state index is -0.0654. The van der Waals surface area contributed by atoms with Crippen LogP contribution in [0.3, 0.4) is 0 Å². The molecule has 0 atom stereocenters. The summed E-state index contributed by atoms with van der Waals surface area (Å²) in [5, 5.41) is 8.76. The fourth-order valence-electron chi connectivity index (χ4n) is 2.03. The molecule has 0 saturated heterocycles. The van der Waals surface area contributed by atoms with E-state index in [0.29, 0.717) is 17.8 Å². The van der Waals surface area contributed by atoms with Crippen LogP contribution >= 0.6 is 11.3 Å². The van der Waals surface area contributed by atoms with Crippen molar-refractivity contribution in [3.63, 3.8) is 0 Å². The van der Waals surface area contributed by atoms with Gasteiger partial charge in [-0.15, -0.1) is 11.3 Å². The minimum Gasteiger partial charge on any atom is -0.267 e. The molecule has 0 saturated carbocycles. The molecule has 0 aliphatic rings. The maximum atomic E-state index is 12.4. The van der Waals surface area contributed by atoms with E-state index in [2.05, 4.69) is 23.9 Å². The van der Waals surface area contributed by atoms with E-state index < -0.39 is 0 Å². The highest BCUT2D eigenvalue weighted by atomic mass is 32.1. The van der Waals surface area contributed by atoms with Gasteiger partial charge >= 0.3 is 0 Å². The zero-order valence-corrected chi connectivity index (χ0v) is 12.2. The molecule has 4 nitrogen and oxygen atoms in total. The van der Waals surface area contributed by atoms with Crippen LogP contribution in [0.25, 0.3) is 10.8 Å². The van der Waals surface area contributed by atoms with Gasteiger partial charge in [0.2, 0.25) is 0 Å². The van der Waals surface area contributed by atoms with Crippen LogP contribution in [0.1, 0.15) is 30.5 Å². The molecule has 0 bridgehead atoms. The molecule has 0 amide bonds. The third-order valence-corrected chi connectivity index (χ3v) is 4.06. The lowest BCUT2D eigenvalue weighted by molar-refractivity contribution is 0.641. The summed E-state index contributed by atoms with van der Waals surface area (Å²) in [6.07, 6.45) is 1.73. The van der Waals surface area contributed by atoms with Crippen LogP contribution in [0.5, 0.6) is 0 Å². The van der Waals surface area contributed by atoms with Crippen LogP contribution in [0.4, 0.5) is 0 Å². The predicted molar refractivity (Wildman–Crippen MR) is 81.3 cm³/mol. The standard InChI is InChI=1S/C15H15N3OS/c1-10(2)13-9-20-14(17-13)8-18-15(19)12-6-4-3-5-11(12)7-16-18/h3-7,9-10H,8H2,1-2H3. The second-order valence-electron chi connectivity index (χ2n) is 5.02. The van der Waals surface area contributed by atoms with E-state index in [-0.39, 0.29) is 5.56 Å². The Labute approximate surface area is 120 Å². The topological polar surface area (TPSA) is 47.8 Å². The van der Waals surface area contributed by atoms with Crippen LogP contribution in [-0.2, 0) is 6.54 Å². The third-order valence-electron chi connectivity index (χ3n) is 3.21. The first kappa shape index (κ1) is 13.0. The summed E-state index contributed by atoms with van der Waals surface area (Å²) in [5.41, 5.74) is 1.00. The number of fused-ring (bicyclic) bond motifs is 1. The highest BCUT2D eigenvalue weighted by Gasteiger charge is 2.09. The lowest BCUT2D eigenvalue weighted by Gasteiger charge is -2.03. The zero-order valence-electron chi connectivity index (χ0n) is 11.4. The summed E-state index contributed by atoms with van der Waals surface area (Å²) in [5.74, 6) is 0.404. The lowest BCUT2D eigenvalue weighted by atomic mass is 10.2. The largest absolute Gasteiger partial charge is 0.275 e. The molecular weight excluding hydrogens is 270 g/mol. The number of rotatable bonds is 3. The fraction of sp³-hybridized carbons (Fsp3) is 0.267. The Kier molecular flexibility index (Phi) is 3.36. The van der Waals surface area contributed by atoms with Gasteiger partial charge in [-0.3, -0.25) is 4.79 Å². The van der Waals surface area contributed by atoms with Crippen LogP contribution in [0.15, 0.2) is 40.6 Å². The molecule has 3 rings (SSSR count). The van der Waals surface area contributed by atoms with Gasteiger partial charge in [-0.25, -0.2) is 9.67 Å². The number of aromatic nitrogens is 3. The fourth-order valence-corrected chi connectivity index (χ4v) is 2.97. The van der Waals surface area contributed by atoms with Gasteiger partial charge in [0.15, 0.2) is 0 Å². The van der Waals surface area contributed by atoms with Crippen molar-refractivity contribution in [3.05, 3.63) is 56.9 Å². The second kappa shape index (κ2) is 5.17. The van der Waals surface area contributed by atoms with Crippen molar-refractivity contribution >= 4 is 22.1 Å². The van der Waals surface area contributed by atoms with Crippen molar-refractivity contribution < 1.29 is 0 Å². The quantitative estimate of drug-likeness (QED) is 0.743. The first-order chi connectivity index (χ1) is 9.65. The Balaban J connectivity index is 1.98. The van der Waals surface area contributed by atoms with E-state index in [1.807, 2.05) is 29.6 Å². The molecule has 102 valence electrons. The summed E-state index contributed by atoms with van der Waals surface area (Å²) in [4.78, 5) is 16.9. The van der Waals surface area contributed by atoms with E-state index in [1.54, 1.807) is 17.5 Å². The van der Waals surface area contributed by atoms with Crippen molar-refractivity contribution in [3.8, 4) is 0 Å². The summed E-state index contributed by atoms with van der Waals surface area (Å²) in [6, 6.07) is 7.50. The SMILES string of the molecule is CC(C)c1csc(Cn2ncc3ccccc3c2=O)n1. The highest BCUT2D eigenvalue weighted by Crippen LogP contribution is 2.18. The van der Waals surface area contributed by atoms with Crippen LogP contribution in [-0.4, -0.2) is 14.8 Å². The Morgan fingerprint density at radius 3 is 2.85 bits per heavy atom. The maximum absolute atomic E-state index is 12.4. The molecule has 0 radical (unpaired) electrons. The van der Waals surface area contributed by atoms with E-state index in [4.69, 9.17) is 0 Å². The minimum absolute atomic E-state index is 0.0654. The highest BCUT2D eigenvalue weighted by molar-refractivity contribution is 7.09. The first-order valence-electron chi connectivity index (χ1n) is 6.54. The van der Waals surface area contributed by atoms with Crippen LogP contribution in [0.2, 0.25) is 0 Å². The van der Waals surface area contributed by atoms with Gasteiger partial charge in [-0.2, -0.15) is 5.10 Å². The lowest BCUT2D eigenvalue weighted by Crippen LogP contribution is -2.23. The molecule has 20 heavy (non-hydrogen) atoms. The third kappa shape index (κ3) is 2.36. The average molecular weight is 285 g/mol. The van der Waals surface area contributed by atoms with Crippen molar-refractivity contribution in [1.82, 2.24) is 14.8 Å².